The summed E-state index contributed by atoms with van der Waals surface area (Å²) in [4.78, 5) is 29.9. The number of para-hydroxylation sites is 1. The molecule has 0 aliphatic carbocycles. The zero-order valence-corrected chi connectivity index (χ0v) is 14.7. The number of hydrogen-bond donors (Lipinski definition) is 2. The summed E-state index contributed by atoms with van der Waals surface area (Å²) in [6.07, 6.45) is -1.04. The Bertz CT molecular complexity index is 775. The van der Waals surface area contributed by atoms with Crippen LogP contribution in [0.25, 0.3) is 0 Å². The Morgan fingerprint density at radius 2 is 2.08 bits per heavy atom. The summed E-state index contributed by atoms with van der Waals surface area (Å²) in [6, 6.07) is 9.49. The Morgan fingerprint density at radius 1 is 1.36 bits per heavy atom. The van der Waals surface area contributed by atoms with Crippen LogP contribution < -0.4 is 5.32 Å². The number of hydrogen-bond acceptors (Lipinski definition) is 6. The molecule has 2 heterocycles. The standard InChI is InChI=1S/C17H19N3O4S/c1-17(2)9-20(8-12(24-17)16(22)23)15(21)13-14(25-10-18-13)19-11-6-4-3-5-7-11/h3-7,10,12,19H,8-9H2,1-2H3,(H,22,23). The molecule has 2 N–H and O–H groups in total. The third-order valence-electron chi connectivity index (χ3n) is 3.78. The molecule has 0 spiro atoms. The Labute approximate surface area is 149 Å². The van der Waals surface area contributed by atoms with Crippen LogP contribution in [0.4, 0.5) is 10.7 Å². The molecule has 1 aliphatic heterocycles. The number of nitrogens with zero attached hydrogens (tertiary/aromatic N) is 2. The van der Waals surface area contributed by atoms with Crippen molar-refractivity contribution in [3.05, 3.63) is 41.5 Å². The SMILES string of the molecule is CC1(C)CN(C(=O)c2ncsc2Nc2ccccc2)CC(C(=O)O)O1. The Balaban J connectivity index is 1.81. The second-order valence-corrected chi connectivity index (χ2v) is 7.27. The van der Waals surface area contributed by atoms with Crippen LogP contribution in [0.5, 0.6) is 0 Å². The summed E-state index contributed by atoms with van der Waals surface area (Å²) in [5, 5.41) is 13.1. The van der Waals surface area contributed by atoms with Crippen LogP contribution in [0.3, 0.4) is 0 Å². The normalized spacial score (nSPS) is 19.4. The summed E-state index contributed by atoms with van der Waals surface area (Å²) < 4.78 is 5.53. The van der Waals surface area contributed by atoms with Crippen LogP contribution >= 0.6 is 11.3 Å². The minimum atomic E-state index is -1.08. The predicted octanol–water partition coefficient (Wildman–Crippen LogP) is 2.59. The topological polar surface area (TPSA) is 91.8 Å². The summed E-state index contributed by atoms with van der Waals surface area (Å²) in [6.45, 7) is 3.84. The van der Waals surface area contributed by atoms with Crippen molar-refractivity contribution in [1.82, 2.24) is 9.88 Å². The molecule has 1 fully saturated rings. The van der Waals surface area contributed by atoms with Gasteiger partial charge in [0.05, 0.1) is 17.7 Å². The third kappa shape index (κ3) is 3.97. The first-order valence-electron chi connectivity index (χ1n) is 7.81. The predicted molar refractivity (Wildman–Crippen MR) is 94.3 cm³/mol. The molecule has 1 amide bonds. The summed E-state index contributed by atoms with van der Waals surface area (Å²) in [7, 11) is 0. The maximum absolute atomic E-state index is 12.9. The van der Waals surface area contributed by atoms with Crippen LogP contribution in [0.15, 0.2) is 35.8 Å². The average molecular weight is 361 g/mol. The Morgan fingerprint density at radius 3 is 2.76 bits per heavy atom. The summed E-state index contributed by atoms with van der Waals surface area (Å²) in [5.74, 6) is -1.38. The average Bonchev–Trinajstić information content (AvgIpc) is 3.01. The first kappa shape index (κ1) is 17.4. The third-order valence-corrected chi connectivity index (χ3v) is 4.53. The van der Waals surface area contributed by atoms with E-state index in [1.165, 1.54) is 16.2 Å². The van der Waals surface area contributed by atoms with Gasteiger partial charge >= 0.3 is 5.97 Å². The molecule has 1 aromatic heterocycles. The number of anilines is 2. The maximum Gasteiger partial charge on any atom is 0.334 e. The highest BCUT2D eigenvalue weighted by atomic mass is 32.1. The number of carboxylic acid groups (broad SMARTS) is 1. The molecule has 2 aromatic rings. The number of thiazole rings is 1. The maximum atomic E-state index is 12.9. The van der Waals surface area contributed by atoms with Gasteiger partial charge in [-0.05, 0) is 26.0 Å². The molecule has 1 aliphatic rings. The number of carbonyl (C=O) groups is 2. The van der Waals surface area contributed by atoms with Gasteiger partial charge in [0.2, 0.25) is 0 Å². The van der Waals surface area contributed by atoms with Crippen molar-refractivity contribution in [2.45, 2.75) is 25.6 Å². The lowest BCUT2D eigenvalue weighted by molar-refractivity contribution is -0.174. The van der Waals surface area contributed by atoms with Crippen LogP contribution in [-0.4, -0.2) is 51.7 Å². The molecule has 0 radical (unpaired) electrons. The van der Waals surface area contributed by atoms with E-state index >= 15 is 0 Å². The van der Waals surface area contributed by atoms with Gasteiger partial charge in [-0.3, -0.25) is 4.79 Å². The lowest BCUT2D eigenvalue weighted by Gasteiger charge is -2.41. The molecule has 1 saturated heterocycles. The van der Waals surface area contributed by atoms with Gasteiger partial charge in [0.25, 0.3) is 5.91 Å². The van der Waals surface area contributed by atoms with Crippen molar-refractivity contribution >= 4 is 33.9 Å². The van der Waals surface area contributed by atoms with Crippen LogP contribution in [0, 0.1) is 0 Å². The molecule has 1 unspecified atom stereocenters. The second-order valence-electron chi connectivity index (χ2n) is 6.41. The molecule has 25 heavy (non-hydrogen) atoms. The quantitative estimate of drug-likeness (QED) is 0.870. The van der Waals surface area contributed by atoms with Gasteiger partial charge in [-0.1, -0.05) is 18.2 Å². The van der Waals surface area contributed by atoms with Gasteiger partial charge in [0, 0.05) is 12.2 Å². The largest absolute Gasteiger partial charge is 0.479 e. The van der Waals surface area contributed by atoms with E-state index in [9.17, 15) is 14.7 Å². The fourth-order valence-corrected chi connectivity index (χ4v) is 3.45. The van der Waals surface area contributed by atoms with E-state index in [4.69, 9.17) is 4.74 Å². The van der Waals surface area contributed by atoms with Gasteiger partial charge in [0.1, 0.15) is 5.00 Å². The zero-order chi connectivity index (χ0) is 18.0. The zero-order valence-electron chi connectivity index (χ0n) is 13.9. The highest BCUT2D eigenvalue weighted by Crippen LogP contribution is 2.28. The van der Waals surface area contributed by atoms with E-state index in [2.05, 4.69) is 10.3 Å². The molecule has 3 rings (SSSR count). The first-order chi connectivity index (χ1) is 11.9. The number of amides is 1. The molecule has 1 aromatic carbocycles. The molecule has 1 atom stereocenters. The smallest absolute Gasteiger partial charge is 0.334 e. The molecule has 132 valence electrons. The highest BCUT2D eigenvalue weighted by molar-refractivity contribution is 7.14. The number of nitrogens with one attached hydrogen (secondary N) is 1. The van der Waals surface area contributed by atoms with Crippen LogP contribution in [0.2, 0.25) is 0 Å². The van der Waals surface area contributed by atoms with E-state index < -0.39 is 17.7 Å². The number of aromatic nitrogens is 1. The molecule has 0 bridgehead atoms. The number of ether oxygens (including phenoxy) is 1. The fraction of sp³-hybridized carbons (Fsp3) is 0.353. The molecule has 8 heteroatoms. The molecular formula is C17H19N3O4S. The number of aliphatic carboxylic acids is 1. The van der Waals surface area contributed by atoms with Crippen molar-refractivity contribution in [3.63, 3.8) is 0 Å². The van der Waals surface area contributed by atoms with Gasteiger partial charge in [-0.2, -0.15) is 0 Å². The Kier molecular flexibility index (Phi) is 4.73. The van der Waals surface area contributed by atoms with E-state index in [-0.39, 0.29) is 18.1 Å². The van der Waals surface area contributed by atoms with Gasteiger partial charge in [-0.15, -0.1) is 11.3 Å². The first-order valence-corrected chi connectivity index (χ1v) is 8.69. The molecule has 7 nitrogen and oxygen atoms in total. The van der Waals surface area contributed by atoms with Crippen molar-refractivity contribution in [2.24, 2.45) is 0 Å². The summed E-state index contributed by atoms with van der Waals surface area (Å²) in [5.41, 5.74) is 2.00. The van der Waals surface area contributed by atoms with E-state index in [0.717, 1.165) is 5.69 Å². The van der Waals surface area contributed by atoms with Crippen molar-refractivity contribution in [2.75, 3.05) is 18.4 Å². The van der Waals surface area contributed by atoms with Crippen molar-refractivity contribution < 1.29 is 19.4 Å². The lowest BCUT2D eigenvalue weighted by atomic mass is 10.0. The van der Waals surface area contributed by atoms with E-state index in [1.807, 2.05) is 30.3 Å². The van der Waals surface area contributed by atoms with Gasteiger partial charge < -0.3 is 20.1 Å². The van der Waals surface area contributed by atoms with Crippen molar-refractivity contribution in [1.29, 1.82) is 0 Å². The summed E-state index contributed by atoms with van der Waals surface area (Å²) >= 11 is 1.33. The highest BCUT2D eigenvalue weighted by Gasteiger charge is 2.40. The second kappa shape index (κ2) is 6.81. The van der Waals surface area contributed by atoms with Gasteiger partial charge in [-0.25, -0.2) is 9.78 Å². The van der Waals surface area contributed by atoms with Crippen molar-refractivity contribution in [3.8, 4) is 0 Å². The van der Waals surface area contributed by atoms with Crippen LogP contribution in [-0.2, 0) is 9.53 Å². The lowest BCUT2D eigenvalue weighted by Crippen LogP contribution is -2.56. The number of rotatable bonds is 4. The number of carboxylic acids is 1. The monoisotopic (exact) mass is 361 g/mol. The number of benzene rings is 1. The number of carbonyl (C=O) groups excluding carboxylic acids is 1. The minimum absolute atomic E-state index is 0.0000989. The minimum Gasteiger partial charge on any atom is -0.479 e. The molecule has 0 saturated carbocycles. The number of morpholine rings is 1. The molecular weight excluding hydrogens is 342 g/mol. The van der Waals surface area contributed by atoms with E-state index in [0.29, 0.717) is 11.5 Å². The van der Waals surface area contributed by atoms with E-state index in [1.54, 1.807) is 19.4 Å². The van der Waals surface area contributed by atoms with Gasteiger partial charge in [0.15, 0.2) is 11.8 Å². The van der Waals surface area contributed by atoms with Crippen LogP contribution in [0.1, 0.15) is 24.3 Å². The fourth-order valence-electron chi connectivity index (χ4n) is 2.76. The Hall–Kier alpha value is -2.45.